The molecule has 6 rings (SSSR count). The van der Waals surface area contributed by atoms with Crippen LogP contribution in [0.4, 0.5) is 0 Å². The number of aliphatic hydroxyl groups excluding tert-OH is 2. The second-order valence-electron chi connectivity index (χ2n) is 12.2. The first-order valence-corrected chi connectivity index (χ1v) is 13.2. The van der Waals surface area contributed by atoms with Crippen molar-refractivity contribution in [1.29, 1.82) is 0 Å². The third-order valence-electron chi connectivity index (χ3n) is 10.2. The zero-order valence-corrected chi connectivity index (χ0v) is 22.2. The Morgan fingerprint density at radius 1 is 1.11 bits per heavy atom. The van der Waals surface area contributed by atoms with Gasteiger partial charge in [-0.15, -0.1) is 0 Å². The first-order valence-electron chi connectivity index (χ1n) is 13.2. The third kappa shape index (κ3) is 2.93. The number of carbonyl (C=O) groups excluding carboxylic acids is 3. The SMILES string of the molecule is CC(=O)O[C@@]12CO[C@H]1C[C@H](O)[C@]1(C)C(=O)[C@@H]3OC(C)(C)[C@@]4(C[C@H](O)C(C)=C34)[C@@H](OC(=O)c3ccccc3)[C@H]21. The van der Waals surface area contributed by atoms with Crippen LogP contribution < -0.4 is 0 Å². The van der Waals surface area contributed by atoms with Crippen LogP contribution in [0.5, 0.6) is 0 Å². The minimum absolute atomic E-state index is 0.000490. The average Bonchev–Trinajstić information content (AvgIpc) is 3.24. The van der Waals surface area contributed by atoms with E-state index in [0.717, 1.165) is 0 Å². The highest BCUT2D eigenvalue weighted by molar-refractivity contribution is 5.95. The number of ether oxygens (including phenoxy) is 4. The van der Waals surface area contributed by atoms with Gasteiger partial charge in [-0.2, -0.15) is 0 Å². The number of carbonyl (C=O) groups is 3. The van der Waals surface area contributed by atoms with Gasteiger partial charge < -0.3 is 29.2 Å². The molecule has 2 saturated heterocycles. The Morgan fingerprint density at radius 2 is 1.79 bits per heavy atom. The van der Waals surface area contributed by atoms with Crippen LogP contribution in [0.3, 0.4) is 0 Å². The minimum Gasteiger partial charge on any atom is -0.457 e. The Hall–Kier alpha value is -2.59. The fraction of sp³-hybridized carbons (Fsp3) is 0.621. The molecule has 0 spiro atoms. The minimum atomic E-state index is -1.49. The van der Waals surface area contributed by atoms with Gasteiger partial charge in [-0.3, -0.25) is 9.59 Å². The molecule has 1 aromatic rings. The van der Waals surface area contributed by atoms with Gasteiger partial charge in [0.25, 0.3) is 0 Å². The molecule has 2 saturated carbocycles. The molecule has 1 aromatic carbocycles. The van der Waals surface area contributed by atoms with Crippen LogP contribution >= 0.6 is 0 Å². The Balaban J connectivity index is 1.64. The van der Waals surface area contributed by atoms with Gasteiger partial charge >= 0.3 is 11.9 Å². The maximum Gasteiger partial charge on any atom is 0.338 e. The van der Waals surface area contributed by atoms with Gasteiger partial charge in [0.05, 0.1) is 46.7 Å². The van der Waals surface area contributed by atoms with Crippen LogP contribution in [-0.2, 0) is 28.5 Å². The summed E-state index contributed by atoms with van der Waals surface area (Å²) in [5.74, 6) is -2.50. The van der Waals surface area contributed by atoms with Gasteiger partial charge in [-0.1, -0.05) is 18.2 Å². The summed E-state index contributed by atoms with van der Waals surface area (Å²) in [6.45, 7) is 8.40. The van der Waals surface area contributed by atoms with Crippen LogP contribution in [0.15, 0.2) is 41.5 Å². The van der Waals surface area contributed by atoms with E-state index in [1.165, 1.54) is 6.92 Å². The predicted molar refractivity (Wildman–Crippen MR) is 132 cm³/mol. The fourth-order valence-electron chi connectivity index (χ4n) is 8.26. The van der Waals surface area contributed by atoms with Gasteiger partial charge in [0.1, 0.15) is 18.3 Å². The highest BCUT2D eigenvalue weighted by atomic mass is 16.6. The van der Waals surface area contributed by atoms with Crippen LogP contribution in [0.25, 0.3) is 0 Å². The van der Waals surface area contributed by atoms with Crippen molar-refractivity contribution in [3.8, 4) is 0 Å². The van der Waals surface area contributed by atoms with Crippen molar-refractivity contribution in [2.45, 2.75) is 89.2 Å². The second-order valence-corrected chi connectivity index (χ2v) is 12.2. The van der Waals surface area contributed by atoms with Crippen molar-refractivity contribution < 1.29 is 43.5 Å². The summed E-state index contributed by atoms with van der Waals surface area (Å²) < 4.78 is 24.7. The first kappa shape index (κ1) is 25.7. The Labute approximate surface area is 221 Å². The maximum atomic E-state index is 14.5. The number of Topliss-reactive ketones (excluding diaryl/α,β-unsaturated/α-hetero) is 1. The Bertz CT molecular complexity index is 1250. The molecule has 9 atom stereocenters. The Kier molecular flexibility index (Phi) is 5.39. The molecule has 2 aliphatic heterocycles. The fourth-order valence-corrected chi connectivity index (χ4v) is 8.26. The number of rotatable bonds is 3. The van der Waals surface area contributed by atoms with Crippen molar-refractivity contribution >= 4 is 17.7 Å². The van der Waals surface area contributed by atoms with E-state index in [9.17, 15) is 24.6 Å². The highest BCUT2D eigenvalue weighted by Crippen LogP contribution is 2.70. The van der Waals surface area contributed by atoms with Crippen LogP contribution in [0, 0.1) is 16.7 Å². The molecular weight excluding hydrogens is 492 g/mol. The number of benzene rings is 1. The summed E-state index contributed by atoms with van der Waals surface area (Å²) in [5, 5.41) is 22.7. The molecule has 9 heteroatoms. The lowest BCUT2D eigenvalue weighted by atomic mass is 9.49. The molecule has 0 radical (unpaired) electrons. The van der Waals surface area contributed by atoms with Gasteiger partial charge in [0.2, 0.25) is 0 Å². The van der Waals surface area contributed by atoms with Gasteiger partial charge in [0, 0.05) is 13.3 Å². The molecule has 204 valence electrons. The molecule has 9 nitrogen and oxygen atoms in total. The first-order chi connectivity index (χ1) is 17.8. The maximum absolute atomic E-state index is 14.5. The van der Waals surface area contributed by atoms with E-state index in [4.69, 9.17) is 18.9 Å². The highest BCUT2D eigenvalue weighted by Gasteiger charge is 2.81. The summed E-state index contributed by atoms with van der Waals surface area (Å²) >= 11 is 0. The summed E-state index contributed by atoms with van der Waals surface area (Å²) in [6, 6.07) is 8.51. The quantitative estimate of drug-likeness (QED) is 0.450. The molecule has 0 amide bonds. The summed E-state index contributed by atoms with van der Waals surface area (Å²) in [4.78, 5) is 40.7. The Morgan fingerprint density at radius 3 is 2.39 bits per heavy atom. The predicted octanol–water partition coefficient (Wildman–Crippen LogP) is 2.13. The van der Waals surface area contributed by atoms with E-state index < -0.39 is 70.4 Å². The average molecular weight is 527 g/mol. The number of hydrogen-bond donors (Lipinski definition) is 2. The molecule has 0 unspecified atom stereocenters. The van der Waals surface area contributed by atoms with Crippen molar-refractivity contribution in [3.05, 3.63) is 47.0 Å². The smallest absolute Gasteiger partial charge is 0.338 e. The van der Waals surface area contributed by atoms with Gasteiger partial charge in [-0.25, -0.2) is 4.79 Å². The summed E-state index contributed by atoms with van der Waals surface area (Å²) in [6.07, 6.45) is -4.62. The third-order valence-corrected chi connectivity index (χ3v) is 10.2. The monoisotopic (exact) mass is 526 g/mol. The number of ketones is 1. The van der Waals surface area contributed by atoms with Crippen LogP contribution in [-0.4, -0.2) is 76.3 Å². The van der Waals surface area contributed by atoms with E-state index in [0.29, 0.717) is 16.7 Å². The number of fused-ring (bicyclic) bond motifs is 3. The lowest BCUT2D eigenvalue weighted by Gasteiger charge is -2.64. The molecule has 2 N–H and O–H groups in total. The number of esters is 2. The molecule has 38 heavy (non-hydrogen) atoms. The van der Waals surface area contributed by atoms with E-state index >= 15 is 0 Å². The number of hydrogen-bond acceptors (Lipinski definition) is 9. The van der Waals surface area contributed by atoms with E-state index in [1.807, 2.05) is 13.8 Å². The molecule has 4 fully saturated rings. The van der Waals surface area contributed by atoms with Crippen molar-refractivity contribution in [1.82, 2.24) is 0 Å². The van der Waals surface area contributed by atoms with Gasteiger partial charge in [-0.05, 0) is 57.4 Å². The van der Waals surface area contributed by atoms with Gasteiger partial charge in [0.15, 0.2) is 11.4 Å². The molecule has 2 heterocycles. The lowest BCUT2D eigenvalue weighted by Crippen LogP contribution is -2.79. The molecule has 2 bridgehead atoms. The second kappa shape index (κ2) is 7.97. The van der Waals surface area contributed by atoms with E-state index in [1.54, 1.807) is 44.2 Å². The molecular formula is C29H34O9. The van der Waals surface area contributed by atoms with Crippen molar-refractivity contribution in [2.24, 2.45) is 16.7 Å². The normalized spacial score (nSPS) is 44.3. The summed E-state index contributed by atoms with van der Waals surface area (Å²) in [5.41, 5.74) is -3.43. The lowest BCUT2D eigenvalue weighted by molar-refractivity contribution is -0.339. The number of aliphatic hydroxyl groups is 2. The van der Waals surface area contributed by atoms with Crippen LogP contribution in [0.1, 0.15) is 57.8 Å². The molecule has 0 aromatic heterocycles. The zero-order valence-electron chi connectivity index (χ0n) is 22.2. The van der Waals surface area contributed by atoms with Crippen LogP contribution in [0.2, 0.25) is 0 Å². The zero-order chi connectivity index (χ0) is 27.4. The standard InChI is InChI=1S/C29H34O9/c1-14-17(31)12-28-20(14)21(38-26(28,3)4)23(33)27(5)18(32)11-19-29(13-35-19,37-15(2)30)22(27)24(28)36-25(34)16-9-7-6-8-10-16/h6-10,17-19,21-22,24,31-32H,11-13H2,1-5H3/t17-,18-,19-,21+,22-,24-,27-,28+,29-/m0/s1. The van der Waals surface area contributed by atoms with E-state index in [2.05, 4.69) is 0 Å². The molecule has 3 aliphatic carbocycles. The topological polar surface area (TPSA) is 129 Å². The summed E-state index contributed by atoms with van der Waals surface area (Å²) in [7, 11) is 0. The van der Waals surface area contributed by atoms with Crippen molar-refractivity contribution in [3.63, 3.8) is 0 Å². The van der Waals surface area contributed by atoms with Crippen molar-refractivity contribution in [2.75, 3.05) is 6.61 Å². The largest absolute Gasteiger partial charge is 0.457 e. The van der Waals surface area contributed by atoms with E-state index in [-0.39, 0.29) is 25.2 Å². The molecule has 5 aliphatic rings.